The van der Waals surface area contributed by atoms with Crippen LogP contribution in [0.3, 0.4) is 0 Å². The van der Waals surface area contributed by atoms with Gasteiger partial charge in [-0.05, 0) is 49.6 Å². The van der Waals surface area contributed by atoms with E-state index in [9.17, 15) is 18.8 Å². The van der Waals surface area contributed by atoms with E-state index in [-0.39, 0.29) is 36.4 Å². The van der Waals surface area contributed by atoms with E-state index in [1.165, 1.54) is 0 Å². The third-order valence-electron chi connectivity index (χ3n) is 5.47. The first kappa shape index (κ1) is 22.7. The monoisotopic (exact) mass is 427 g/mol. The Bertz CT molecular complexity index is 983. The SMILES string of the molecule is COCC(C)NC(=O)CC1CC(=O)C(c2c(C)cc(-c3ncc(F)cn3)cc2C)C1=O. The van der Waals surface area contributed by atoms with Crippen LogP contribution in [0.15, 0.2) is 24.5 Å². The van der Waals surface area contributed by atoms with E-state index in [2.05, 4.69) is 15.3 Å². The summed E-state index contributed by atoms with van der Waals surface area (Å²) in [5.41, 5.74) is 2.86. The number of methoxy groups -OCH3 is 1. The van der Waals surface area contributed by atoms with Crippen molar-refractivity contribution in [2.75, 3.05) is 13.7 Å². The van der Waals surface area contributed by atoms with Crippen molar-refractivity contribution in [3.8, 4) is 11.4 Å². The summed E-state index contributed by atoms with van der Waals surface area (Å²) in [6, 6.07) is 3.41. The Labute approximate surface area is 180 Å². The van der Waals surface area contributed by atoms with Crippen molar-refractivity contribution in [3.05, 3.63) is 47.0 Å². The van der Waals surface area contributed by atoms with E-state index in [0.29, 0.717) is 23.6 Å². The molecule has 31 heavy (non-hydrogen) atoms. The molecule has 1 amide bonds. The van der Waals surface area contributed by atoms with Crippen LogP contribution in [-0.4, -0.2) is 47.2 Å². The quantitative estimate of drug-likeness (QED) is 0.683. The minimum atomic E-state index is -0.877. The highest BCUT2D eigenvalue weighted by molar-refractivity contribution is 6.15. The van der Waals surface area contributed by atoms with Crippen molar-refractivity contribution in [2.24, 2.45) is 5.92 Å². The average Bonchev–Trinajstić information content (AvgIpc) is 2.95. The van der Waals surface area contributed by atoms with E-state index in [4.69, 9.17) is 4.74 Å². The number of Topliss-reactive ketones (excluding diaryl/α,β-unsaturated/α-hetero) is 2. The van der Waals surface area contributed by atoms with Crippen LogP contribution < -0.4 is 5.32 Å². The first-order valence-electron chi connectivity index (χ1n) is 10.1. The lowest BCUT2D eigenvalue weighted by Crippen LogP contribution is -2.37. The predicted molar refractivity (Wildman–Crippen MR) is 112 cm³/mol. The Kier molecular flexibility index (Phi) is 6.90. The van der Waals surface area contributed by atoms with Gasteiger partial charge in [-0.15, -0.1) is 0 Å². The number of aromatic nitrogens is 2. The number of ether oxygens (including phenoxy) is 1. The lowest BCUT2D eigenvalue weighted by molar-refractivity contribution is -0.129. The number of nitrogens with zero attached hydrogens (tertiary/aromatic N) is 2. The Morgan fingerprint density at radius 3 is 2.42 bits per heavy atom. The normalized spacial score (nSPS) is 19.5. The fraction of sp³-hybridized carbons (Fsp3) is 0.435. The van der Waals surface area contributed by atoms with Crippen LogP contribution in [0.5, 0.6) is 0 Å². The molecule has 1 saturated carbocycles. The highest BCUT2D eigenvalue weighted by atomic mass is 19.1. The van der Waals surface area contributed by atoms with Gasteiger partial charge in [-0.2, -0.15) is 0 Å². The maximum absolute atomic E-state index is 13.1. The number of amides is 1. The second-order valence-corrected chi connectivity index (χ2v) is 8.08. The molecule has 1 aromatic carbocycles. The van der Waals surface area contributed by atoms with Gasteiger partial charge < -0.3 is 10.1 Å². The second kappa shape index (κ2) is 9.43. The minimum Gasteiger partial charge on any atom is -0.383 e. The largest absolute Gasteiger partial charge is 0.383 e. The van der Waals surface area contributed by atoms with E-state index < -0.39 is 17.7 Å². The standard InChI is InChI=1S/C23H26FN3O4/c1-12-5-16(23-25-9-17(24)10-26-23)6-13(2)20(12)21-18(28)7-15(22(21)30)8-19(29)27-14(3)11-31-4/h5-6,9-10,14-15,21H,7-8,11H2,1-4H3,(H,27,29). The zero-order chi connectivity index (χ0) is 22.7. The first-order valence-corrected chi connectivity index (χ1v) is 10.1. The number of benzene rings is 1. The molecule has 8 heteroatoms. The number of halogens is 1. The molecule has 2 aromatic rings. The summed E-state index contributed by atoms with van der Waals surface area (Å²) in [4.78, 5) is 46.1. The number of carbonyl (C=O) groups excluding carboxylic acids is 3. The van der Waals surface area contributed by atoms with Crippen molar-refractivity contribution in [2.45, 2.75) is 45.6 Å². The zero-order valence-electron chi connectivity index (χ0n) is 18.1. The number of hydrogen-bond donors (Lipinski definition) is 1. The van der Waals surface area contributed by atoms with Crippen molar-refractivity contribution in [1.29, 1.82) is 0 Å². The molecule has 0 radical (unpaired) electrons. The average molecular weight is 427 g/mol. The number of hydrogen-bond acceptors (Lipinski definition) is 6. The predicted octanol–water partition coefficient (Wildman–Crippen LogP) is 2.68. The lowest BCUT2D eigenvalue weighted by atomic mass is 9.86. The Morgan fingerprint density at radius 1 is 1.23 bits per heavy atom. The topological polar surface area (TPSA) is 98.2 Å². The molecule has 1 aliphatic rings. The van der Waals surface area contributed by atoms with Crippen molar-refractivity contribution < 1.29 is 23.5 Å². The van der Waals surface area contributed by atoms with Gasteiger partial charge in [-0.25, -0.2) is 14.4 Å². The maximum atomic E-state index is 13.1. The van der Waals surface area contributed by atoms with Crippen LogP contribution in [0.1, 0.15) is 42.4 Å². The number of nitrogens with one attached hydrogen (secondary N) is 1. The van der Waals surface area contributed by atoms with Gasteiger partial charge >= 0.3 is 0 Å². The number of carbonyl (C=O) groups is 3. The van der Waals surface area contributed by atoms with Crippen molar-refractivity contribution in [1.82, 2.24) is 15.3 Å². The van der Waals surface area contributed by atoms with Crippen molar-refractivity contribution >= 4 is 17.5 Å². The maximum Gasteiger partial charge on any atom is 0.221 e. The molecule has 1 aliphatic carbocycles. The van der Waals surface area contributed by atoms with Crippen LogP contribution in [0, 0.1) is 25.6 Å². The second-order valence-electron chi connectivity index (χ2n) is 8.08. The summed E-state index contributed by atoms with van der Waals surface area (Å²) in [6.45, 7) is 5.82. The Balaban J connectivity index is 1.81. The summed E-state index contributed by atoms with van der Waals surface area (Å²) < 4.78 is 18.1. The van der Waals surface area contributed by atoms with Crippen molar-refractivity contribution in [3.63, 3.8) is 0 Å². The number of ketones is 2. The lowest BCUT2D eigenvalue weighted by Gasteiger charge is -2.17. The molecule has 1 aromatic heterocycles. The fourth-order valence-corrected chi connectivity index (χ4v) is 4.20. The molecule has 1 N–H and O–H groups in total. The number of aryl methyl sites for hydroxylation is 2. The van der Waals surface area contributed by atoms with Crippen LogP contribution >= 0.6 is 0 Å². The fourth-order valence-electron chi connectivity index (χ4n) is 4.20. The van der Waals surface area contributed by atoms with Crippen LogP contribution in [0.2, 0.25) is 0 Å². The molecule has 3 rings (SSSR count). The molecule has 3 atom stereocenters. The van der Waals surface area contributed by atoms with E-state index >= 15 is 0 Å². The molecular formula is C23H26FN3O4. The molecule has 0 bridgehead atoms. The Hall–Kier alpha value is -3.00. The van der Waals surface area contributed by atoms with Gasteiger partial charge in [0.15, 0.2) is 17.4 Å². The zero-order valence-corrected chi connectivity index (χ0v) is 18.1. The van der Waals surface area contributed by atoms with Gasteiger partial charge in [0.1, 0.15) is 11.7 Å². The summed E-state index contributed by atoms with van der Waals surface area (Å²) in [5.74, 6) is -2.34. The molecule has 0 aliphatic heterocycles. The minimum absolute atomic E-state index is 0.0191. The van der Waals surface area contributed by atoms with E-state index in [0.717, 1.165) is 23.5 Å². The van der Waals surface area contributed by atoms with E-state index in [1.54, 1.807) is 19.2 Å². The molecule has 3 unspecified atom stereocenters. The molecular weight excluding hydrogens is 401 g/mol. The van der Waals surface area contributed by atoms with Crippen LogP contribution in [0.25, 0.3) is 11.4 Å². The summed E-state index contributed by atoms with van der Waals surface area (Å²) in [7, 11) is 1.55. The van der Waals surface area contributed by atoms with Gasteiger partial charge in [-0.3, -0.25) is 14.4 Å². The van der Waals surface area contributed by atoms with Gasteiger partial charge in [-0.1, -0.05) is 0 Å². The highest BCUT2D eigenvalue weighted by Crippen LogP contribution is 2.38. The highest BCUT2D eigenvalue weighted by Gasteiger charge is 2.44. The third-order valence-corrected chi connectivity index (χ3v) is 5.47. The Morgan fingerprint density at radius 2 is 1.84 bits per heavy atom. The van der Waals surface area contributed by atoms with Gasteiger partial charge in [0.25, 0.3) is 0 Å². The molecule has 1 heterocycles. The molecule has 0 saturated heterocycles. The smallest absolute Gasteiger partial charge is 0.221 e. The van der Waals surface area contributed by atoms with Gasteiger partial charge in [0.2, 0.25) is 5.91 Å². The first-order chi connectivity index (χ1) is 14.7. The molecule has 1 fully saturated rings. The van der Waals surface area contributed by atoms with Crippen LogP contribution in [-0.2, 0) is 19.1 Å². The molecule has 0 spiro atoms. The molecule has 7 nitrogen and oxygen atoms in total. The van der Waals surface area contributed by atoms with Gasteiger partial charge in [0.05, 0.1) is 19.0 Å². The van der Waals surface area contributed by atoms with Crippen LogP contribution in [0.4, 0.5) is 4.39 Å². The van der Waals surface area contributed by atoms with E-state index in [1.807, 2.05) is 20.8 Å². The number of rotatable bonds is 7. The van der Waals surface area contributed by atoms with Gasteiger partial charge in [0, 0.05) is 37.5 Å². The summed E-state index contributed by atoms with van der Waals surface area (Å²) in [6.07, 6.45) is 2.22. The summed E-state index contributed by atoms with van der Waals surface area (Å²) in [5, 5.41) is 2.78. The third kappa shape index (κ3) is 5.02. The summed E-state index contributed by atoms with van der Waals surface area (Å²) >= 11 is 0. The molecule has 164 valence electrons.